The summed E-state index contributed by atoms with van der Waals surface area (Å²) in [6, 6.07) is 0. The van der Waals surface area contributed by atoms with Crippen molar-refractivity contribution >= 4 is 5.97 Å². The van der Waals surface area contributed by atoms with Crippen LogP contribution in [0.5, 0.6) is 0 Å². The second-order valence-corrected chi connectivity index (χ2v) is 10.1. The maximum Gasteiger partial charge on any atom is 0.306 e. The molecule has 0 unspecified atom stereocenters. The third-order valence-electron chi connectivity index (χ3n) is 9.42. The van der Waals surface area contributed by atoms with Crippen LogP contribution in [0.3, 0.4) is 0 Å². The summed E-state index contributed by atoms with van der Waals surface area (Å²) in [5.41, 5.74) is 1.87. The lowest BCUT2D eigenvalue weighted by molar-refractivity contribution is -0.168. The molecule has 0 radical (unpaired) electrons. The molecule has 5 aliphatic rings. The van der Waals surface area contributed by atoms with E-state index in [1.165, 1.54) is 31.3 Å². The van der Waals surface area contributed by atoms with Crippen LogP contribution in [0.4, 0.5) is 0 Å². The molecular weight excluding hydrogens is 312 g/mol. The zero-order valence-corrected chi connectivity index (χ0v) is 15.7. The van der Waals surface area contributed by atoms with Gasteiger partial charge in [0.25, 0.3) is 0 Å². The van der Waals surface area contributed by atoms with Gasteiger partial charge in [0.15, 0.2) is 0 Å². The van der Waals surface area contributed by atoms with Crippen LogP contribution in [0.1, 0.15) is 78.1 Å². The molecule has 1 saturated heterocycles. The summed E-state index contributed by atoms with van der Waals surface area (Å²) in [6.07, 6.45) is 12.8. The van der Waals surface area contributed by atoms with Crippen molar-refractivity contribution in [1.82, 2.24) is 0 Å². The predicted molar refractivity (Wildman–Crippen MR) is 95.8 cm³/mol. The Hall–Kier alpha value is -0.830. The lowest BCUT2D eigenvalue weighted by atomic mass is 9.46. The minimum Gasteiger partial charge on any atom is -0.458 e. The number of hydrogen-bond acceptors (Lipinski definition) is 3. The molecule has 0 amide bonds. The van der Waals surface area contributed by atoms with E-state index in [0.29, 0.717) is 17.8 Å². The SMILES string of the molecule is C[C@]12CC[C@@H]3[C@H](CCC4=C[C@H](O)CC[C@]43C)[C@H]1CC[C@]21CCC(=O)O1. The second kappa shape index (κ2) is 5.12. The van der Waals surface area contributed by atoms with Gasteiger partial charge in [0.2, 0.25) is 0 Å². The number of aliphatic hydroxyl groups excluding tert-OH is 1. The number of hydrogen-bond donors (Lipinski definition) is 1. The summed E-state index contributed by atoms with van der Waals surface area (Å²) >= 11 is 0. The summed E-state index contributed by atoms with van der Waals surface area (Å²) in [5.74, 6) is 2.27. The fraction of sp³-hybridized carbons (Fsp3) is 0.864. The quantitative estimate of drug-likeness (QED) is 0.524. The van der Waals surface area contributed by atoms with Crippen LogP contribution in [0.15, 0.2) is 11.6 Å². The fourth-order valence-electron chi connectivity index (χ4n) is 8.00. The molecule has 0 aromatic carbocycles. The number of ether oxygens (including phenoxy) is 1. The first-order valence-corrected chi connectivity index (χ1v) is 10.5. The molecule has 1 spiro atoms. The highest BCUT2D eigenvalue weighted by atomic mass is 16.6. The first-order valence-electron chi connectivity index (χ1n) is 10.5. The lowest BCUT2D eigenvalue weighted by Crippen LogP contribution is -2.54. The van der Waals surface area contributed by atoms with E-state index in [2.05, 4.69) is 19.9 Å². The number of aliphatic hydroxyl groups is 1. The predicted octanol–water partition coefficient (Wildman–Crippen LogP) is 4.39. The van der Waals surface area contributed by atoms with E-state index >= 15 is 0 Å². The summed E-state index contributed by atoms with van der Waals surface area (Å²) in [4.78, 5) is 11.9. The molecule has 0 aromatic heterocycles. The fourth-order valence-corrected chi connectivity index (χ4v) is 8.00. The van der Waals surface area contributed by atoms with Gasteiger partial charge >= 0.3 is 5.97 Å². The maximum absolute atomic E-state index is 11.9. The van der Waals surface area contributed by atoms with E-state index < -0.39 is 0 Å². The zero-order chi connectivity index (χ0) is 17.4. The topological polar surface area (TPSA) is 46.5 Å². The van der Waals surface area contributed by atoms with Crippen LogP contribution >= 0.6 is 0 Å². The molecule has 7 atom stereocenters. The molecule has 3 saturated carbocycles. The average molecular weight is 344 g/mol. The Kier molecular flexibility index (Phi) is 3.35. The van der Waals surface area contributed by atoms with Gasteiger partial charge in [-0.1, -0.05) is 25.5 Å². The highest BCUT2D eigenvalue weighted by molar-refractivity contribution is 5.72. The molecule has 3 nitrogen and oxygen atoms in total. The number of esters is 1. The number of carbonyl (C=O) groups excluding carboxylic acids is 1. The molecule has 5 rings (SSSR count). The van der Waals surface area contributed by atoms with Crippen LogP contribution in [-0.2, 0) is 9.53 Å². The number of rotatable bonds is 0. The van der Waals surface area contributed by atoms with Crippen LogP contribution in [-0.4, -0.2) is 22.8 Å². The first kappa shape index (κ1) is 16.4. The Bertz CT molecular complexity index is 639. The number of allylic oxidation sites excluding steroid dienone is 1. The van der Waals surface area contributed by atoms with Crippen molar-refractivity contribution < 1.29 is 14.6 Å². The summed E-state index contributed by atoms with van der Waals surface area (Å²) in [5, 5.41) is 10.1. The van der Waals surface area contributed by atoms with Crippen molar-refractivity contribution in [3.8, 4) is 0 Å². The third kappa shape index (κ3) is 1.99. The first-order chi connectivity index (χ1) is 11.9. The monoisotopic (exact) mass is 344 g/mol. The van der Waals surface area contributed by atoms with Crippen molar-refractivity contribution in [2.45, 2.75) is 89.8 Å². The maximum atomic E-state index is 11.9. The molecule has 4 aliphatic carbocycles. The van der Waals surface area contributed by atoms with Gasteiger partial charge in [0.1, 0.15) is 5.60 Å². The van der Waals surface area contributed by atoms with Gasteiger partial charge in [-0.05, 0) is 81.0 Å². The van der Waals surface area contributed by atoms with Crippen molar-refractivity contribution in [2.24, 2.45) is 28.6 Å². The van der Waals surface area contributed by atoms with Gasteiger partial charge in [0, 0.05) is 11.8 Å². The van der Waals surface area contributed by atoms with Gasteiger partial charge in [-0.25, -0.2) is 0 Å². The molecule has 1 N–H and O–H groups in total. The molecule has 3 heteroatoms. The van der Waals surface area contributed by atoms with E-state index in [0.717, 1.165) is 43.9 Å². The smallest absolute Gasteiger partial charge is 0.306 e. The number of carbonyl (C=O) groups is 1. The van der Waals surface area contributed by atoms with E-state index in [1.54, 1.807) is 0 Å². The Balaban J connectivity index is 1.48. The molecule has 0 aromatic rings. The lowest BCUT2D eigenvalue weighted by Gasteiger charge is -2.59. The van der Waals surface area contributed by atoms with Crippen LogP contribution < -0.4 is 0 Å². The van der Waals surface area contributed by atoms with Gasteiger partial charge in [0.05, 0.1) is 6.10 Å². The van der Waals surface area contributed by atoms with Crippen molar-refractivity contribution in [3.63, 3.8) is 0 Å². The van der Waals surface area contributed by atoms with Crippen molar-refractivity contribution in [1.29, 1.82) is 0 Å². The zero-order valence-electron chi connectivity index (χ0n) is 15.7. The summed E-state index contributed by atoms with van der Waals surface area (Å²) in [7, 11) is 0. The van der Waals surface area contributed by atoms with Gasteiger partial charge < -0.3 is 9.84 Å². The minimum absolute atomic E-state index is 0.0334. The largest absolute Gasteiger partial charge is 0.458 e. The van der Waals surface area contributed by atoms with Crippen LogP contribution in [0.2, 0.25) is 0 Å². The normalized spacial score (nSPS) is 54.5. The van der Waals surface area contributed by atoms with Crippen molar-refractivity contribution in [2.75, 3.05) is 0 Å². The van der Waals surface area contributed by atoms with E-state index in [4.69, 9.17) is 4.74 Å². The second-order valence-electron chi connectivity index (χ2n) is 10.1. The molecule has 0 bridgehead atoms. The van der Waals surface area contributed by atoms with Crippen molar-refractivity contribution in [3.05, 3.63) is 11.6 Å². The average Bonchev–Trinajstić information content (AvgIpc) is 3.10. The molecule has 1 heterocycles. The Morgan fingerprint density at radius 3 is 2.56 bits per heavy atom. The van der Waals surface area contributed by atoms with Gasteiger partial charge in [-0.3, -0.25) is 4.79 Å². The van der Waals surface area contributed by atoms with Gasteiger partial charge in [-0.2, -0.15) is 0 Å². The van der Waals surface area contributed by atoms with Crippen LogP contribution in [0.25, 0.3) is 0 Å². The van der Waals surface area contributed by atoms with E-state index in [1.807, 2.05) is 0 Å². The Labute approximate surface area is 151 Å². The number of fused-ring (bicyclic) bond motifs is 6. The minimum atomic E-state index is -0.221. The van der Waals surface area contributed by atoms with Gasteiger partial charge in [-0.15, -0.1) is 0 Å². The summed E-state index contributed by atoms with van der Waals surface area (Å²) < 4.78 is 6.02. The summed E-state index contributed by atoms with van der Waals surface area (Å²) in [6.45, 7) is 4.92. The molecule has 4 fully saturated rings. The Morgan fingerprint density at radius 1 is 1.00 bits per heavy atom. The molecule has 138 valence electrons. The standard InChI is InChI=1S/C22H32O3/c1-20-9-5-15(23)13-14(20)3-4-16-17(20)6-10-21(2)18(16)7-11-22(21)12-8-19(24)25-22/h13,15-18,23H,3-12H2,1-2H3/t15-,16+,17-,18-,20-,21+,22+/m1/s1. The molecule has 1 aliphatic heterocycles. The van der Waals surface area contributed by atoms with E-state index in [9.17, 15) is 9.90 Å². The van der Waals surface area contributed by atoms with E-state index in [-0.39, 0.29) is 23.1 Å². The highest BCUT2D eigenvalue weighted by Crippen LogP contribution is 2.69. The molecular formula is C22H32O3. The van der Waals surface area contributed by atoms with Crippen LogP contribution in [0, 0.1) is 28.6 Å². The third-order valence-corrected chi connectivity index (χ3v) is 9.42. The highest BCUT2D eigenvalue weighted by Gasteiger charge is 2.66. The Morgan fingerprint density at radius 2 is 1.80 bits per heavy atom. The molecule has 25 heavy (non-hydrogen) atoms.